The van der Waals surface area contributed by atoms with Gasteiger partial charge in [0.05, 0.1) is 0 Å². The largest absolute Gasteiger partial charge is 0.103 e. The van der Waals surface area contributed by atoms with Crippen molar-refractivity contribution < 1.29 is 0 Å². The van der Waals surface area contributed by atoms with Gasteiger partial charge in [0.25, 0.3) is 0 Å². The van der Waals surface area contributed by atoms with E-state index in [0.29, 0.717) is 0 Å². The minimum atomic E-state index is 1.09. The Labute approximate surface area is 42.7 Å². The Kier molecular flexibility index (Phi) is 4.92. The molecule has 0 atom stereocenters. The Morgan fingerprint density at radius 2 is 2.33 bits per heavy atom. The molecule has 33 valence electrons. The van der Waals surface area contributed by atoms with Crippen LogP contribution in [0.3, 0.4) is 0 Å². The minimum Gasteiger partial charge on any atom is -0.103 e. The highest BCUT2D eigenvalue weighted by Gasteiger charge is 1.71. The predicted octanol–water partition coefficient (Wildman–Crippen LogP) is 1.54. The number of unbranched alkanes of at least 4 members (excludes halogenated alkanes) is 1. The third-order valence-electron chi connectivity index (χ3n) is 0.585. The lowest BCUT2D eigenvalue weighted by Gasteiger charge is -1.81. The first-order chi connectivity index (χ1) is 2.91. The SMILES string of the molecule is C=CCCC[Si]. The Hall–Kier alpha value is -0.0431. The fourth-order valence-electron chi connectivity index (χ4n) is 0.246. The zero-order chi connectivity index (χ0) is 4.83. The molecule has 0 amide bonds. The zero-order valence-corrected chi connectivity index (χ0v) is 4.91. The van der Waals surface area contributed by atoms with E-state index in [1.165, 1.54) is 6.42 Å². The highest BCUT2D eigenvalue weighted by molar-refractivity contribution is 6.08. The molecule has 0 aromatic heterocycles. The summed E-state index contributed by atoms with van der Waals surface area (Å²) < 4.78 is 0. The van der Waals surface area contributed by atoms with Crippen molar-refractivity contribution in [2.75, 3.05) is 0 Å². The number of allylic oxidation sites excluding steroid dienone is 1. The average molecular weight is 97.2 g/mol. The smallest absolute Gasteiger partial charge is 0.0222 e. The first kappa shape index (κ1) is 5.96. The Bertz CT molecular complexity index is 32.9. The van der Waals surface area contributed by atoms with Crippen molar-refractivity contribution in [3.05, 3.63) is 12.7 Å². The van der Waals surface area contributed by atoms with E-state index >= 15 is 0 Å². The second kappa shape index (κ2) is 4.96. The van der Waals surface area contributed by atoms with Crippen molar-refractivity contribution in [1.29, 1.82) is 0 Å². The summed E-state index contributed by atoms with van der Waals surface area (Å²) in [6.07, 6.45) is 4.27. The molecule has 0 saturated carbocycles. The lowest BCUT2D eigenvalue weighted by molar-refractivity contribution is 0.958. The maximum atomic E-state index is 3.58. The van der Waals surface area contributed by atoms with Gasteiger partial charge in [0.1, 0.15) is 0 Å². The van der Waals surface area contributed by atoms with E-state index in [2.05, 4.69) is 16.8 Å². The van der Waals surface area contributed by atoms with Gasteiger partial charge in [-0.2, -0.15) is 0 Å². The van der Waals surface area contributed by atoms with Crippen molar-refractivity contribution in [2.24, 2.45) is 0 Å². The molecule has 0 fully saturated rings. The molecule has 0 aliphatic rings. The Morgan fingerprint density at radius 3 is 2.50 bits per heavy atom. The van der Waals surface area contributed by atoms with Gasteiger partial charge in [0, 0.05) is 10.2 Å². The molecular formula is C5H9Si. The summed E-state index contributed by atoms with van der Waals surface area (Å²) in [5.41, 5.74) is 0. The molecule has 0 nitrogen and oxygen atoms in total. The second-order valence-corrected chi connectivity index (χ2v) is 1.68. The molecule has 0 unspecified atom stereocenters. The average Bonchev–Trinajstić information content (AvgIpc) is 1.61. The topological polar surface area (TPSA) is 0 Å². The monoisotopic (exact) mass is 97.0 g/mol. The molecule has 0 aliphatic carbocycles. The van der Waals surface area contributed by atoms with Crippen molar-refractivity contribution in [2.45, 2.75) is 18.9 Å². The predicted molar refractivity (Wildman–Crippen MR) is 30.0 cm³/mol. The van der Waals surface area contributed by atoms with Gasteiger partial charge in [0.15, 0.2) is 0 Å². The van der Waals surface area contributed by atoms with Crippen LogP contribution in [0.4, 0.5) is 0 Å². The standard InChI is InChI=1S/C5H9Si/c1-2-3-4-5-6/h2H,1,3-5H2. The van der Waals surface area contributed by atoms with Crippen LogP contribution in [0.25, 0.3) is 0 Å². The van der Waals surface area contributed by atoms with Crippen molar-refractivity contribution >= 4 is 10.2 Å². The van der Waals surface area contributed by atoms with E-state index in [4.69, 9.17) is 0 Å². The third kappa shape index (κ3) is 3.96. The van der Waals surface area contributed by atoms with E-state index in [1.54, 1.807) is 0 Å². The maximum absolute atomic E-state index is 3.58. The van der Waals surface area contributed by atoms with Crippen LogP contribution in [0.2, 0.25) is 6.04 Å². The number of hydrogen-bond acceptors (Lipinski definition) is 0. The van der Waals surface area contributed by atoms with Crippen LogP contribution in [0, 0.1) is 0 Å². The van der Waals surface area contributed by atoms with E-state index in [9.17, 15) is 0 Å². The summed E-state index contributed by atoms with van der Waals surface area (Å²) in [6.45, 7) is 3.58. The van der Waals surface area contributed by atoms with Gasteiger partial charge in [-0.25, -0.2) is 0 Å². The third-order valence-corrected chi connectivity index (χ3v) is 0.939. The molecule has 6 heavy (non-hydrogen) atoms. The summed E-state index contributed by atoms with van der Waals surface area (Å²) >= 11 is 0. The molecule has 3 radical (unpaired) electrons. The first-order valence-corrected chi connectivity index (χ1v) is 2.88. The lowest BCUT2D eigenvalue weighted by atomic mass is 10.3. The van der Waals surface area contributed by atoms with Crippen LogP contribution in [-0.4, -0.2) is 10.2 Å². The zero-order valence-electron chi connectivity index (χ0n) is 3.91. The molecule has 0 heterocycles. The Balaban J connectivity index is 2.49. The van der Waals surface area contributed by atoms with Crippen molar-refractivity contribution in [3.8, 4) is 0 Å². The van der Waals surface area contributed by atoms with Gasteiger partial charge >= 0.3 is 0 Å². The van der Waals surface area contributed by atoms with Gasteiger partial charge in [-0.3, -0.25) is 0 Å². The van der Waals surface area contributed by atoms with Gasteiger partial charge in [-0.15, -0.1) is 6.58 Å². The fraction of sp³-hybridized carbons (Fsp3) is 0.600. The molecule has 0 aromatic rings. The van der Waals surface area contributed by atoms with E-state index in [-0.39, 0.29) is 0 Å². The Morgan fingerprint density at radius 1 is 1.67 bits per heavy atom. The lowest BCUT2D eigenvalue weighted by Crippen LogP contribution is -1.65. The van der Waals surface area contributed by atoms with Gasteiger partial charge in [-0.1, -0.05) is 18.5 Å². The fourth-order valence-corrected chi connectivity index (χ4v) is 0.451. The molecule has 0 rings (SSSR count). The van der Waals surface area contributed by atoms with Crippen LogP contribution in [0.1, 0.15) is 12.8 Å². The highest BCUT2D eigenvalue weighted by Crippen LogP contribution is 1.90. The van der Waals surface area contributed by atoms with Gasteiger partial charge in [-0.05, 0) is 6.42 Å². The number of hydrogen-bond donors (Lipinski definition) is 0. The van der Waals surface area contributed by atoms with Gasteiger partial charge in [0.2, 0.25) is 0 Å². The molecule has 0 aliphatic heterocycles. The quantitative estimate of drug-likeness (QED) is 0.285. The summed E-state index contributed by atoms with van der Waals surface area (Å²) in [7, 11) is 3.34. The molecule has 1 heteroatoms. The minimum absolute atomic E-state index is 1.09. The van der Waals surface area contributed by atoms with Crippen LogP contribution in [-0.2, 0) is 0 Å². The summed E-state index contributed by atoms with van der Waals surface area (Å²) in [5, 5.41) is 0. The van der Waals surface area contributed by atoms with E-state index in [1.807, 2.05) is 6.08 Å². The molecule has 0 spiro atoms. The van der Waals surface area contributed by atoms with E-state index in [0.717, 1.165) is 12.5 Å². The first-order valence-electron chi connectivity index (χ1n) is 2.17. The second-order valence-electron chi connectivity index (χ2n) is 1.18. The summed E-state index contributed by atoms with van der Waals surface area (Å²) in [6, 6.07) is 1.09. The molecule has 0 saturated heterocycles. The maximum Gasteiger partial charge on any atom is 0.0222 e. The summed E-state index contributed by atoms with van der Waals surface area (Å²) in [5.74, 6) is 0. The number of rotatable bonds is 3. The summed E-state index contributed by atoms with van der Waals surface area (Å²) in [4.78, 5) is 0. The normalized spacial score (nSPS) is 8.17. The highest BCUT2D eigenvalue weighted by atomic mass is 28.1. The molecule has 0 aromatic carbocycles. The molecule has 0 N–H and O–H groups in total. The van der Waals surface area contributed by atoms with Crippen LogP contribution in [0.15, 0.2) is 12.7 Å². The van der Waals surface area contributed by atoms with Crippen molar-refractivity contribution in [3.63, 3.8) is 0 Å². The van der Waals surface area contributed by atoms with Crippen LogP contribution in [0.5, 0.6) is 0 Å². The molecule has 0 bridgehead atoms. The molecular weight excluding hydrogens is 88.1 g/mol. The van der Waals surface area contributed by atoms with E-state index < -0.39 is 0 Å². The van der Waals surface area contributed by atoms with Crippen molar-refractivity contribution in [1.82, 2.24) is 0 Å². The van der Waals surface area contributed by atoms with Gasteiger partial charge < -0.3 is 0 Å². The van der Waals surface area contributed by atoms with Crippen LogP contribution < -0.4 is 0 Å². The van der Waals surface area contributed by atoms with Crippen LogP contribution >= 0.6 is 0 Å².